The van der Waals surface area contributed by atoms with Gasteiger partial charge in [-0.3, -0.25) is 5.32 Å². The van der Waals surface area contributed by atoms with Crippen LogP contribution in [0.25, 0.3) is 0 Å². The fraction of sp³-hybridized carbons (Fsp3) is 1.00. The minimum atomic E-state index is 0.333. The first-order chi connectivity index (χ1) is 4.61. The van der Waals surface area contributed by atoms with E-state index in [1.807, 2.05) is 0 Å². The third kappa shape index (κ3) is 1.96. The fourth-order valence-corrected chi connectivity index (χ4v) is 1.09. The van der Waals surface area contributed by atoms with Gasteiger partial charge in [0.1, 0.15) is 6.23 Å². The van der Waals surface area contributed by atoms with E-state index in [4.69, 9.17) is 4.74 Å². The highest BCUT2D eigenvalue weighted by molar-refractivity contribution is 4.93. The number of hydrogen-bond acceptors (Lipinski definition) is 2. The molecule has 60 valence electrons. The molecule has 10 heavy (non-hydrogen) atoms. The maximum Gasteiger partial charge on any atom is 0.124 e. The second-order valence-corrected chi connectivity index (χ2v) is 3.54. The summed E-state index contributed by atoms with van der Waals surface area (Å²) in [6, 6.07) is 0.599. The van der Waals surface area contributed by atoms with Crippen molar-refractivity contribution < 1.29 is 4.74 Å². The van der Waals surface area contributed by atoms with E-state index in [1.54, 1.807) is 0 Å². The molecule has 1 heterocycles. The molecule has 0 spiro atoms. The van der Waals surface area contributed by atoms with Crippen molar-refractivity contribution in [2.24, 2.45) is 5.92 Å². The van der Waals surface area contributed by atoms with Gasteiger partial charge in [0.05, 0.1) is 12.1 Å². The molecule has 2 atom stereocenters. The lowest BCUT2D eigenvalue weighted by Gasteiger charge is -2.05. The van der Waals surface area contributed by atoms with Gasteiger partial charge in [0.15, 0.2) is 0 Å². The van der Waals surface area contributed by atoms with Crippen LogP contribution in [0.15, 0.2) is 0 Å². The minimum Gasteiger partial charge on any atom is -0.359 e. The summed E-state index contributed by atoms with van der Waals surface area (Å²) in [5, 5.41) is 3.28. The summed E-state index contributed by atoms with van der Waals surface area (Å²) in [5.74, 6) is 0.698. The first kappa shape index (κ1) is 8.02. The number of ether oxygens (including phenoxy) is 1. The maximum atomic E-state index is 5.52. The van der Waals surface area contributed by atoms with E-state index in [-0.39, 0.29) is 0 Å². The van der Waals surface area contributed by atoms with Gasteiger partial charge in [-0.15, -0.1) is 0 Å². The second kappa shape index (κ2) is 2.89. The Morgan fingerprint density at radius 3 is 2.10 bits per heavy atom. The largest absolute Gasteiger partial charge is 0.359 e. The van der Waals surface area contributed by atoms with E-state index in [2.05, 4.69) is 33.0 Å². The predicted octanol–water partition coefficient (Wildman–Crippen LogP) is 1.37. The first-order valence-electron chi connectivity index (χ1n) is 4.02. The molecule has 0 aromatic heterocycles. The molecule has 2 nitrogen and oxygen atoms in total. The molecular weight excluding hydrogens is 126 g/mol. The smallest absolute Gasteiger partial charge is 0.124 e. The Morgan fingerprint density at radius 1 is 1.20 bits per heavy atom. The van der Waals surface area contributed by atoms with Gasteiger partial charge in [-0.2, -0.15) is 0 Å². The van der Waals surface area contributed by atoms with Crippen LogP contribution in [-0.2, 0) is 4.74 Å². The number of rotatable bonds is 3. The Labute approximate surface area is 63.0 Å². The van der Waals surface area contributed by atoms with Crippen LogP contribution < -0.4 is 5.32 Å². The molecule has 0 bridgehead atoms. The Morgan fingerprint density at radius 2 is 1.80 bits per heavy atom. The van der Waals surface area contributed by atoms with Crippen LogP contribution in [0, 0.1) is 5.92 Å². The van der Waals surface area contributed by atoms with Crippen molar-refractivity contribution in [3.8, 4) is 0 Å². The van der Waals surface area contributed by atoms with Gasteiger partial charge in [-0.1, -0.05) is 13.8 Å². The summed E-state index contributed by atoms with van der Waals surface area (Å²) in [7, 11) is 0. The average Bonchev–Trinajstić information content (AvgIpc) is 2.43. The van der Waals surface area contributed by atoms with E-state index >= 15 is 0 Å². The number of hydrogen-bond donors (Lipinski definition) is 1. The van der Waals surface area contributed by atoms with Crippen molar-refractivity contribution in [3.05, 3.63) is 0 Å². The molecule has 2 heteroatoms. The van der Waals surface area contributed by atoms with Crippen molar-refractivity contribution >= 4 is 0 Å². The Hall–Kier alpha value is -0.0800. The highest BCUT2D eigenvalue weighted by atomic mass is 16.5. The molecule has 1 aliphatic rings. The summed E-state index contributed by atoms with van der Waals surface area (Å²) in [4.78, 5) is 0. The van der Waals surface area contributed by atoms with Gasteiger partial charge in [-0.05, 0) is 19.8 Å². The van der Waals surface area contributed by atoms with Gasteiger partial charge in [-0.25, -0.2) is 0 Å². The summed E-state index contributed by atoms with van der Waals surface area (Å²) >= 11 is 0. The Kier molecular flexibility index (Phi) is 2.32. The molecule has 1 saturated heterocycles. The van der Waals surface area contributed by atoms with E-state index < -0.39 is 0 Å². The molecule has 1 N–H and O–H groups in total. The van der Waals surface area contributed by atoms with Crippen LogP contribution in [0.3, 0.4) is 0 Å². The molecule has 0 amide bonds. The van der Waals surface area contributed by atoms with Crippen molar-refractivity contribution in [1.29, 1.82) is 0 Å². The van der Waals surface area contributed by atoms with Crippen LogP contribution in [-0.4, -0.2) is 18.4 Å². The normalized spacial score (nSPS) is 31.8. The van der Waals surface area contributed by atoms with Crippen molar-refractivity contribution in [2.45, 2.75) is 46.1 Å². The summed E-state index contributed by atoms with van der Waals surface area (Å²) in [5.41, 5.74) is 0. The van der Waals surface area contributed by atoms with Gasteiger partial charge < -0.3 is 4.74 Å². The van der Waals surface area contributed by atoms with Gasteiger partial charge in [0.25, 0.3) is 0 Å². The zero-order valence-corrected chi connectivity index (χ0v) is 7.22. The first-order valence-corrected chi connectivity index (χ1v) is 4.02. The lowest BCUT2D eigenvalue weighted by Crippen LogP contribution is -2.10. The maximum absolute atomic E-state index is 5.52. The van der Waals surface area contributed by atoms with Crippen LogP contribution in [0.1, 0.15) is 27.7 Å². The van der Waals surface area contributed by atoms with Gasteiger partial charge >= 0.3 is 0 Å². The Bertz CT molecular complexity index is 112. The highest BCUT2D eigenvalue weighted by Crippen LogP contribution is 2.21. The van der Waals surface area contributed by atoms with Crippen LogP contribution in [0.5, 0.6) is 0 Å². The van der Waals surface area contributed by atoms with E-state index in [1.165, 1.54) is 0 Å². The van der Waals surface area contributed by atoms with E-state index in [9.17, 15) is 0 Å². The zero-order valence-electron chi connectivity index (χ0n) is 7.22. The monoisotopic (exact) mass is 143 g/mol. The third-order valence-electron chi connectivity index (χ3n) is 1.71. The highest BCUT2D eigenvalue weighted by Gasteiger charge is 2.39. The molecule has 1 rings (SSSR count). The lowest BCUT2D eigenvalue weighted by molar-refractivity contribution is 0.0550. The lowest BCUT2D eigenvalue weighted by atomic mass is 10.1. The second-order valence-electron chi connectivity index (χ2n) is 3.54. The molecule has 0 radical (unpaired) electrons. The topological polar surface area (TPSA) is 31.2 Å². The van der Waals surface area contributed by atoms with E-state index in [0.29, 0.717) is 24.3 Å². The molecule has 2 unspecified atom stereocenters. The predicted molar refractivity (Wildman–Crippen MR) is 41.8 cm³/mol. The Balaban J connectivity index is 2.13. The molecule has 1 aliphatic heterocycles. The zero-order chi connectivity index (χ0) is 7.72. The van der Waals surface area contributed by atoms with Gasteiger partial charge in [0.2, 0.25) is 0 Å². The van der Waals surface area contributed by atoms with Crippen LogP contribution >= 0.6 is 0 Å². The van der Waals surface area contributed by atoms with E-state index in [0.717, 1.165) is 0 Å². The molecule has 1 fully saturated rings. The van der Waals surface area contributed by atoms with Crippen molar-refractivity contribution in [2.75, 3.05) is 0 Å². The van der Waals surface area contributed by atoms with Crippen molar-refractivity contribution in [1.82, 2.24) is 5.32 Å². The summed E-state index contributed by atoms with van der Waals surface area (Å²) in [6.07, 6.45) is 0.682. The minimum absolute atomic E-state index is 0.333. The summed E-state index contributed by atoms with van der Waals surface area (Å²) in [6.45, 7) is 8.55. The standard InChI is InChI=1S/C8H17NO/c1-5(2)7-8(9-7)10-6(3)4/h5-9H,1-4H3. The third-order valence-corrected chi connectivity index (χ3v) is 1.71. The fourth-order valence-electron chi connectivity index (χ4n) is 1.09. The molecule has 0 saturated carbocycles. The molecule has 0 aliphatic carbocycles. The molecular formula is C8H17NO. The SMILES string of the molecule is CC(C)OC1NC1C(C)C. The van der Waals surface area contributed by atoms with Crippen LogP contribution in [0.4, 0.5) is 0 Å². The quantitative estimate of drug-likeness (QED) is 0.605. The van der Waals surface area contributed by atoms with Crippen LogP contribution in [0.2, 0.25) is 0 Å². The molecule has 0 aromatic rings. The van der Waals surface area contributed by atoms with Gasteiger partial charge in [0, 0.05) is 0 Å². The molecule has 0 aromatic carbocycles. The summed E-state index contributed by atoms with van der Waals surface area (Å²) < 4.78 is 5.52. The number of nitrogens with one attached hydrogen (secondary N) is 1. The average molecular weight is 143 g/mol. The van der Waals surface area contributed by atoms with Crippen molar-refractivity contribution in [3.63, 3.8) is 0 Å².